The van der Waals surface area contributed by atoms with Crippen LogP contribution in [0.25, 0.3) is 11.1 Å². The van der Waals surface area contributed by atoms with E-state index in [2.05, 4.69) is 68.6 Å². The zero-order valence-corrected chi connectivity index (χ0v) is 20.8. The summed E-state index contributed by atoms with van der Waals surface area (Å²) < 4.78 is 0. The molecule has 3 nitrogen and oxygen atoms in total. The van der Waals surface area contributed by atoms with E-state index in [0.29, 0.717) is 12.5 Å². The highest BCUT2D eigenvalue weighted by Crippen LogP contribution is 2.40. The van der Waals surface area contributed by atoms with Crippen LogP contribution in [0.1, 0.15) is 72.9 Å². The molecule has 1 atom stereocenters. The predicted octanol–water partition coefficient (Wildman–Crippen LogP) is 5.96. The molecule has 0 amide bonds. The molecule has 1 unspecified atom stereocenters. The van der Waals surface area contributed by atoms with Crippen LogP contribution < -0.4 is 11.1 Å². The van der Waals surface area contributed by atoms with E-state index in [1.54, 1.807) is 22.3 Å². The Kier molecular flexibility index (Phi) is 9.22. The SMILES string of the molecule is CCC1NCCC2=C1Cc1cccc(C)c12.CCC=O.Cc1cccc2c1C(CCN)=CC2. The highest BCUT2D eigenvalue weighted by molar-refractivity contribution is 5.80. The summed E-state index contributed by atoms with van der Waals surface area (Å²) in [4.78, 5) is 9.17. The molecule has 0 radical (unpaired) electrons. The average Bonchev–Trinajstić information content (AvgIpc) is 3.43. The maximum absolute atomic E-state index is 9.17. The second-order valence-corrected chi connectivity index (χ2v) is 9.11. The monoisotopic (exact) mass is 444 g/mol. The Morgan fingerprint density at radius 1 is 1.03 bits per heavy atom. The Labute approximate surface area is 200 Å². The lowest BCUT2D eigenvalue weighted by Gasteiger charge is -2.25. The third-order valence-electron chi connectivity index (χ3n) is 6.85. The van der Waals surface area contributed by atoms with E-state index in [4.69, 9.17) is 5.73 Å². The van der Waals surface area contributed by atoms with Gasteiger partial charge in [0.1, 0.15) is 6.29 Å². The molecule has 0 saturated heterocycles. The lowest BCUT2D eigenvalue weighted by molar-refractivity contribution is -0.107. The molecule has 0 spiro atoms. The van der Waals surface area contributed by atoms with Crippen molar-refractivity contribution in [3.05, 3.63) is 81.4 Å². The van der Waals surface area contributed by atoms with Crippen LogP contribution in [-0.4, -0.2) is 25.4 Å². The van der Waals surface area contributed by atoms with Gasteiger partial charge < -0.3 is 15.8 Å². The number of nitrogens with two attached hydrogens (primary N) is 1. The first-order valence-electron chi connectivity index (χ1n) is 12.5. The Bertz CT molecular complexity index is 1030. The van der Waals surface area contributed by atoms with E-state index < -0.39 is 0 Å². The fourth-order valence-electron chi connectivity index (χ4n) is 5.36. The maximum Gasteiger partial charge on any atom is 0.119 e. The van der Waals surface area contributed by atoms with E-state index >= 15 is 0 Å². The molecule has 33 heavy (non-hydrogen) atoms. The van der Waals surface area contributed by atoms with Crippen molar-refractivity contribution in [3.8, 4) is 0 Å². The molecule has 1 aliphatic heterocycles. The molecule has 2 aromatic carbocycles. The van der Waals surface area contributed by atoms with E-state index in [9.17, 15) is 4.79 Å². The van der Waals surface area contributed by atoms with Crippen LogP contribution in [0.5, 0.6) is 0 Å². The predicted molar refractivity (Wildman–Crippen MR) is 141 cm³/mol. The summed E-state index contributed by atoms with van der Waals surface area (Å²) in [6.07, 6.45) is 9.53. The lowest BCUT2D eigenvalue weighted by atomic mass is 9.92. The van der Waals surface area contributed by atoms with E-state index in [1.165, 1.54) is 47.1 Å². The molecular formula is C30H40N2O. The average molecular weight is 445 g/mol. The number of rotatable bonds is 4. The van der Waals surface area contributed by atoms with Crippen LogP contribution in [0.15, 0.2) is 48.0 Å². The number of carbonyl (C=O) groups is 1. The van der Waals surface area contributed by atoms with Crippen molar-refractivity contribution in [1.82, 2.24) is 5.32 Å². The molecule has 5 rings (SSSR count). The van der Waals surface area contributed by atoms with Crippen molar-refractivity contribution in [3.63, 3.8) is 0 Å². The molecule has 0 bridgehead atoms. The van der Waals surface area contributed by atoms with Gasteiger partial charge in [0.2, 0.25) is 0 Å². The van der Waals surface area contributed by atoms with Crippen molar-refractivity contribution in [2.75, 3.05) is 13.1 Å². The number of benzene rings is 2. The van der Waals surface area contributed by atoms with E-state index in [1.807, 2.05) is 6.92 Å². The molecule has 2 aromatic rings. The Morgan fingerprint density at radius 2 is 1.70 bits per heavy atom. The van der Waals surface area contributed by atoms with E-state index in [-0.39, 0.29) is 0 Å². The first kappa shape index (κ1) is 25.1. The van der Waals surface area contributed by atoms with Crippen LogP contribution in [0, 0.1) is 13.8 Å². The fraction of sp³-hybridized carbons (Fsp3) is 0.433. The van der Waals surface area contributed by atoms with Gasteiger partial charge in [-0.25, -0.2) is 0 Å². The van der Waals surface area contributed by atoms with Crippen LogP contribution in [0.2, 0.25) is 0 Å². The van der Waals surface area contributed by atoms with Crippen molar-refractivity contribution in [2.45, 2.75) is 72.3 Å². The molecular weight excluding hydrogens is 404 g/mol. The maximum atomic E-state index is 9.17. The summed E-state index contributed by atoms with van der Waals surface area (Å²) >= 11 is 0. The Hall–Kier alpha value is -2.49. The Balaban J connectivity index is 0.000000163. The summed E-state index contributed by atoms with van der Waals surface area (Å²) in [7, 11) is 0. The molecule has 3 heteroatoms. The third kappa shape index (κ3) is 5.72. The van der Waals surface area contributed by atoms with Gasteiger partial charge in [0.25, 0.3) is 0 Å². The van der Waals surface area contributed by atoms with Crippen molar-refractivity contribution >= 4 is 17.4 Å². The quantitative estimate of drug-likeness (QED) is 0.573. The molecule has 176 valence electrons. The van der Waals surface area contributed by atoms with Crippen LogP contribution in [-0.2, 0) is 17.6 Å². The van der Waals surface area contributed by atoms with Gasteiger partial charge in [-0.2, -0.15) is 0 Å². The number of aryl methyl sites for hydroxylation is 2. The fourth-order valence-corrected chi connectivity index (χ4v) is 5.36. The second-order valence-electron chi connectivity index (χ2n) is 9.11. The lowest BCUT2D eigenvalue weighted by Crippen LogP contribution is -2.35. The summed E-state index contributed by atoms with van der Waals surface area (Å²) in [6.45, 7) is 10.4. The number of aldehydes is 1. The third-order valence-corrected chi connectivity index (χ3v) is 6.85. The Morgan fingerprint density at radius 3 is 2.33 bits per heavy atom. The van der Waals surface area contributed by atoms with Gasteiger partial charge >= 0.3 is 0 Å². The number of hydrogen-bond acceptors (Lipinski definition) is 3. The van der Waals surface area contributed by atoms with Gasteiger partial charge in [-0.1, -0.05) is 56.3 Å². The summed E-state index contributed by atoms with van der Waals surface area (Å²) in [5.41, 5.74) is 19.2. The molecule has 0 fully saturated rings. The standard InChI is InChI=1S/C15H19N.C12H15N.C3H6O/c1-3-14-13-9-11-6-4-5-10(2)15(11)12(13)7-8-16-14;1-9-3-2-4-10-5-6-11(7-8-13)12(9)10;1-2-3-4/h4-6,14,16H,3,7-9H2,1-2H3;2-4,6H,5,7-8,13H2,1H3;3H,2H2,1H3. The summed E-state index contributed by atoms with van der Waals surface area (Å²) in [6, 6.07) is 13.9. The molecule has 0 aromatic heterocycles. The number of hydrogen-bond donors (Lipinski definition) is 2. The van der Waals surface area contributed by atoms with E-state index in [0.717, 1.165) is 32.2 Å². The molecule has 0 saturated carbocycles. The zero-order chi connectivity index (χ0) is 23.8. The first-order chi connectivity index (χ1) is 16.0. The zero-order valence-electron chi connectivity index (χ0n) is 20.8. The minimum absolute atomic E-state index is 0.621. The second kappa shape index (κ2) is 12.1. The van der Waals surface area contributed by atoms with Gasteiger partial charge in [-0.3, -0.25) is 0 Å². The topological polar surface area (TPSA) is 55.1 Å². The molecule has 2 aliphatic carbocycles. The van der Waals surface area contributed by atoms with Gasteiger partial charge in [0, 0.05) is 12.5 Å². The van der Waals surface area contributed by atoms with Crippen LogP contribution >= 0.6 is 0 Å². The van der Waals surface area contributed by atoms with Crippen molar-refractivity contribution in [1.29, 1.82) is 0 Å². The number of fused-ring (bicyclic) bond motifs is 3. The molecule has 3 N–H and O–H groups in total. The number of nitrogens with one attached hydrogen (secondary N) is 1. The largest absolute Gasteiger partial charge is 0.330 e. The van der Waals surface area contributed by atoms with Gasteiger partial charge in [0.15, 0.2) is 0 Å². The number of allylic oxidation sites excluding steroid dienone is 1. The highest BCUT2D eigenvalue weighted by Gasteiger charge is 2.29. The van der Waals surface area contributed by atoms with Gasteiger partial charge in [-0.05, 0) is 109 Å². The summed E-state index contributed by atoms with van der Waals surface area (Å²) in [5.74, 6) is 0. The van der Waals surface area contributed by atoms with Gasteiger partial charge in [-0.15, -0.1) is 0 Å². The minimum Gasteiger partial charge on any atom is -0.330 e. The van der Waals surface area contributed by atoms with Gasteiger partial charge in [0.05, 0.1) is 0 Å². The highest BCUT2D eigenvalue weighted by atomic mass is 16.1. The van der Waals surface area contributed by atoms with Crippen LogP contribution in [0.3, 0.4) is 0 Å². The van der Waals surface area contributed by atoms with Crippen molar-refractivity contribution < 1.29 is 4.79 Å². The number of carbonyl (C=O) groups excluding carboxylic acids is 1. The summed E-state index contributed by atoms with van der Waals surface area (Å²) in [5, 5.41) is 3.64. The molecule has 3 aliphatic rings. The van der Waals surface area contributed by atoms with Crippen molar-refractivity contribution in [2.24, 2.45) is 5.73 Å². The smallest absolute Gasteiger partial charge is 0.119 e. The minimum atomic E-state index is 0.621. The normalized spacial score (nSPS) is 17.6. The molecule has 1 heterocycles. The first-order valence-corrected chi connectivity index (χ1v) is 12.5. The van der Waals surface area contributed by atoms with Crippen LogP contribution in [0.4, 0.5) is 0 Å².